The fraction of sp³-hybridized carbons (Fsp3) is 0.661. The first kappa shape index (κ1) is 67.8. The summed E-state index contributed by atoms with van der Waals surface area (Å²) >= 11 is 0. The van der Waals surface area contributed by atoms with Gasteiger partial charge in [0.05, 0.1) is 51.3 Å². The van der Waals surface area contributed by atoms with Gasteiger partial charge in [0, 0.05) is 51.3 Å². The third-order valence-electron chi connectivity index (χ3n) is 12.0. The van der Waals surface area contributed by atoms with Crippen LogP contribution in [0, 0.1) is 17.8 Å². The second kappa shape index (κ2) is 39.2. The zero-order valence-electron chi connectivity index (χ0n) is 45.4. The van der Waals surface area contributed by atoms with Gasteiger partial charge in [0.15, 0.2) is 0 Å². The number of methoxy groups -OCH3 is 3. The first-order valence-corrected chi connectivity index (χ1v) is 25.4. The fourth-order valence-corrected chi connectivity index (χ4v) is 8.26. The van der Waals surface area contributed by atoms with E-state index in [0.29, 0.717) is 19.8 Å². The monoisotopic (exact) mass is 1060 g/mol. The molecule has 0 saturated carbocycles. The van der Waals surface area contributed by atoms with Crippen molar-refractivity contribution in [3.63, 3.8) is 0 Å². The van der Waals surface area contributed by atoms with Gasteiger partial charge in [-0.2, -0.15) is 13.2 Å². The quantitative estimate of drug-likeness (QED) is 0.156. The predicted molar refractivity (Wildman–Crippen MR) is 278 cm³/mol. The van der Waals surface area contributed by atoms with Gasteiger partial charge < -0.3 is 58.0 Å². The summed E-state index contributed by atoms with van der Waals surface area (Å²) in [6.45, 7) is 15.2. The Bertz CT molecular complexity index is 1870. The van der Waals surface area contributed by atoms with Gasteiger partial charge >= 0.3 is 24.1 Å². The highest BCUT2D eigenvalue weighted by atomic mass is 19.4. The van der Waals surface area contributed by atoms with Crippen molar-refractivity contribution in [2.75, 3.05) is 80.8 Å². The number of rotatable bonds is 12. The van der Waals surface area contributed by atoms with E-state index >= 15 is 0 Å². The van der Waals surface area contributed by atoms with Gasteiger partial charge in [-0.1, -0.05) is 116 Å². The number of aliphatic carboxylic acids is 3. The van der Waals surface area contributed by atoms with Gasteiger partial charge in [-0.05, 0) is 72.6 Å². The maximum Gasteiger partial charge on any atom is 0.412 e. The molecule has 0 aromatic heterocycles. The average Bonchev–Trinajstić information content (AvgIpc) is 3.32. The van der Waals surface area contributed by atoms with E-state index in [-0.39, 0.29) is 81.4 Å². The number of hydrogen-bond donors (Lipinski definition) is 3. The minimum absolute atomic E-state index is 0.00256. The Balaban J connectivity index is 0.000000557. The summed E-state index contributed by atoms with van der Waals surface area (Å²) in [6.07, 6.45) is 19.8. The van der Waals surface area contributed by atoms with Crippen molar-refractivity contribution in [3.05, 3.63) is 94.7 Å². The molecule has 422 valence electrons. The lowest BCUT2D eigenvalue weighted by Crippen LogP contribution is -2.36. The van der Waals surface area contributed by atoms with Gasteiger partial charge in [-0.3, -0.25) is 0 Å². The largest absolute Gasteiger partial charge is 0.480 e. The van der Waals surface area contributed by atoms with Crippen LogP contribution in [-0.2, 0) is 57.0 Å². The van der Waals surface area contributed by atoms with Gasteiger partial charge in [0.25, 0.3) is 0 Å². The lowest BCUT2D eigenvalue weighted by Gasteiger charge is -2.28. The van der Waals surface area contributed by atoms with Crippen LogP contribution in [0.1, 0.15) is 99.8 Å². The highest BCUT2D eigenvalue weighted by Gasteiger charge is 2.33. The Morgan fingerprint density at radius 1 is 0.541 bits per heavy atom. The Morgan fingerprint density at radius 2 is 0.919 bits per heavy atom. The van der Waals surface area contributed by atoms with Gasteiger partial charge in [0.2, 0.25) is 0 Å². The van der Waals surface area contributed by atoms with Crippen molar-refractivity contribution in [3.8, 4) is 0 Å². The lowest BCUT2D eigenvalue weighted by atomic mass is 9.96. The van der Waals surface area contributed by atoms with Crippen LogP contribution in [0.25, 0.3) is 0 Å². The zero-order valence-corrected chi connectivity index (χ0v) is 45.4. The Kier molecular flexibility index (Phi) is 35.9. The first-order chi connectivity index (χ1) is 35.1. The summed E-state index contributed by atoms with van der Waals surface area (Å²) in [5.74, 6) is -3.22. The molecular formula is C56H87F3O15. The number of halogens is 3. The van der Waals surface area contributed by atoms with Crippen molar-refractivity contribution in [2.45, 2.75) is 143 Å². The molecule has 74 heavy (non-hydrogen) atoms. The molecule has 3 aliphatic rings. The fourth-order valence-electron chi connectivity index (χ4n) is 8.26. The highest BCUT2D eigenvalue weighted by Crippen LogP contribution is 2.30. The number of hydrogen-bond acceptors (Lipinski definition) is 12. The van der Waals surface area contributed by atoms with Crippen molar-refractivity contribution >= 4 is 17.9 Å². The Labute approximate surface area is 438 Å². The van der Waals surface area contributed by atoms with Gasteiger partial charge in [-0.25, -0.2) is 14.4 Å². The summed E-state index contributed by atoms with van der Waals surface area (Å²) in [6, 6.07) is 0. The molecule has 0 unspecified atom stereocenters. The van der Waals surface area contributed by atoms with Crippen LogP contribution in [0.4, 0.5) is 13.2 Å². The van der Waals surface area contributed by atoms with Crippen LogP contribution < -0.4 is 0 Å². The summed E-state index contributed by atoms with van der Waals surface area (Å²) in [5.41, 5.74) is 3.68. The van der Waals surface area contributed by atoms with E-state index in [4.69, 9.17) is 58.0 Å². The Hall–Kier alpha value is -4.24. The molecule has 3 rings (SSSR count). The molecule has 0 bridgehead atoms. The molecule has 0 aromatic carbocycles. The number of carboxylic acid groups (broad SMARTS) is 3. The SMILES string of the molecule is CO[C@H]1/C=C/CC/C(C(F)(F)F)=C/COC/C(C)=C\[C@@H](C)[C@@H]1OCC(=O)O.CO[C@H]1/C=C/CC/C(C)=C\COC/C(C)=C\[C@@H](C)[C@@H]1OCC(=O)O.CO[C@H]1/C=C/CCCCCOC/C(C)=C\[C@@H](C)[C@@H]1OCC(=O)O. The molecule has 0 aliphatic carbocycles. The van der Waals surface area contributed by atoms with Crippen LogP contribution in [0.15, 0.2) is 94.7 Å². The van der Waals surface area contributed by atoms with E-state index < -0.39 is 48.5 Å². The molecule has 15 nitrogen and oxygen atoms in total. The van der Waals surface area contributed by atoms with Gasteiger partial charge in [0.1, 0.15) is 38.1 Å². The van der Waals surface area contributed by atoms with Crippen LogP contribution in [0.5, 0.6) is 0 Å². The molecule has 3 N–H and O–H groups in total. The molecule has 3 aliphatic heterocycles. The molecule has 18 heteroatoms. The maximum atomic E-state index is 13.1. The first-order valence-electron chi connectivity index (χ1n) is 25.4. The van der Waals surface area contributed by atoms with E-state index in [2.05, 4.69) is 37.3 Å². The number of carboxylic acids is 3. The number of alkyl halides is 3. The third kappa shape index (κ3) is 31.0. The minimum Gasteiger partial charge on any atom is -0.480 e. The smallest absolute Gasteiger partial charge is 0.412 e. The van der Waals surface area contributed by atoms with E-state index in [9.17, 15) is 27.6 Å². The summed E-state index contributed by atoms with van der Waals surface area (Å²) < 4.78 is 89.1. The Morgan fingerprint density at radius 3 is 1.31 bits per heavy atom. The number of ether oxygens (including phenoxy) is 9. The molecule has 0 fully saturated rings. The number of carbonyl (C=O) groups is 3. The molecule has 0 saturated heterocycles. The van der Waals surface area contributed by atoms with Crippen molar-refractivity contribution in [1.29, 1.82) is 0 Å². The molecule has 0 radical (unpaired) electrons. The van der Waals surface area contributed by atoms with Crippen LogP contribution in [0.3, 0.4) is 0 Å². The molecule has 3 heterocycles. The minimum atomic E-state index is -4.40. The highest BCUT2D eigenvalue weighted by molar-refractivity contribution is 5.68. The summed E-state index contributed by atoms with van der Waals surface area (Å²) in [5, 5.41) is 26.7. The predicted octanol–water partition coefficient (Wildman–Crippen LogP) is 10.5. The second-order valence-corrected chi connectivity index (χ2v) is 18.8. The second-order valence-electron chi connectivity index (χ2n) is 18.8. The topological polar surface area (TPSA) is 195 Å². The average molecular weight is 1060 g/mol. The van der Waals surface area contributed by atoms with Crippen LogP contribution >= 0.6 is 0 Å². The van der Waals surface area contributed by atoms with Gasteiger partial charge in [-0.15, -0.1) is 0 Å². The third-order valence-corrected chi connectivity index (χ3v) is 12.0. The van der Waals surface area contributed by atoms with E-state index in [1.165, 1.54) is 12.7 Å². The molecule has 0 amide bonds. The molecular weight excluding hydrogens is 970 g/mol. The van der Waals surface area contributed by atoms with Crippen molar-refractivity contribution < 1.29 is 85.5 Å². The van der Waals surface area contributed by atoms with E-state index in [0.717, 1.165) is 67.9 Å². The number of allylic oxidation sites excluding steroid dienone is 5. The normalized spacial score (nSPS) is 31.8. The summed E-state index contributed by atoms with van der Waals surface area (Å²) in [4.78, 5) is 32.6. The lowest BCUT2D eigenvalue weighted by molar-refractivity contribution is -0.148. The summed E-state index contributed by atoms with van der Waals surface area (Å²) in [7, 11) is 4.69. The maximum absolute atomic E-state index is 13.1. The van der Waals surface area contributed by atoms with Crippen LogP contribution in [0.2, 0.25) is 0 Å². The molecule has 0 aromatic rings. The van der Waals surface area contributed by atoms with Crippen molar-refractivity contribution in [1.82, 2.24) is 0 Å². The van der Waals surface area contributed by atoms with Crippen LogP contribution in [-0.4, -0.2) is 157 Å². The molecule has 9 atom stereocenters. The van der Waals surface area contributed by atoms with Crippen molar-refractivity contribution in [2.24, 2.45) is 17.8 Å². The molecule has 0 spiro atoms. The van der Waals surface area contributed by atoms with E-state index in [1.54, 1.807) is 33.3 Å². The van der Waals surface area contributed by atoms with E-state index in [1.807, 2.05) is 52.8 Å². The standard InChI is InChI=1S/C19H27F3O5.C19H30O5.C18H30O5/c1-13-10-14(2)18(27-12-17(23)24)16(25-3)7-5-4-6-15(19(20,21)22)8-9-26-11-13;1-14-7-5-6-8-17(22-4)19(24-13-18(20)21)16(3)11-15(2)12-23-10-9-14;1-14-11-15(2)18(23-13-17(19)20)16(21-3)9-7-5-4-6-8-10-22-12-14/h5,7-8,10,14,16,18H,4,6,9,11-12H2,1-3H3,(H,23,24);6,8-9,11,16-17,19H,5,7,10,12-13H2,1-4H3,(H,20,21);7,9,11,15-16,18H,4-6,8,10,12-13H2,1-3H3,(H,19,20)/b7-5+,13-10-,15-8-;8-6+,14-9-,15-11-;9-7+,14-11-/t14-,16+,18+;16-,17+,19+;15-,16+,18+/m111/s1. The zero-order chi connectivity index (χ0) is 55.5.